The van der Waals surface area contributed by atoms with E-state index in [9.17, 15) is 0 Å². The molecule has 1 heterocycles. The van der Waals surface area contributed by atoms with Crippen LogP contribution in [-0.2, 0) is 12.8 Å². The second kappa shape index (κ2) is 3.49. The van der Waals surface area contributed by atoms with Gasteiger partial charge >= 0.3 is 0 Å². The fraction of sp³-hybridized carbons (Fsp3) is 0.571. The van der Waals surface area contributed by atoms with Gasteiger partial charge in [-0.1, -0.05) is 12.1 Å². The van der Waals surface area contributed by atoms with E-state index in [2.05, 4.69) is 30.1 Å². The summed E-state index contributed by atoms with van der Waals surface area (Å²) in [5.41, 5.74) is 10.6. The summed E-state index contributed by atoms with van der Waals surface area (Å²) >= 11 is 0. The van der Waals surface area contributed by atoms with Crippen molar-refractivity contribution in [3.05, 3.63) is 29.3 Å². The van der Waals surface area contributed by atoms with Crippen LogP contribution in [0.3, 0.4) is 0 Å². The van der Waals surface area contributed by atoms with E-state index < -0.39 is 0 Å². The third-order valence-electron chi connectivity index (χ3n) is 3.95. The third kappa shape index (κ3) is 1.82. The standard InChI is InChI=1S/C14H20N2/c1-16-8-2-3-12-5-4-11(9-13(12)16)10-14(15)6-7-14/h4-5,9H,2-3,6-8,10,15H2,1H3. The lowest BCUT2D eigenvalue weighted by Crippen LogP contribution is -2.26. The lowest BCUT2D eigenvalue weighted by Gasteiger charge is -2.28. The molecule has 2 heteroatoms. The number of benzene rings is 1. The van der Waals surface area contributed by atoms with Crippen molar-refractivity contribution < 1.29 is 0 Å². The summed E-state index contributed by atoms with van der Waals surface area (Å²) in [5, 5.41) is 0. The van der Waals surface area contributed by atoms with E-state index in [1.165, 1.54) is 49.0 Å². The van der Waals surface area contributed by atoms with Crippen LogP contribution in [-0.4, -0.2) is 19.1 Å². The Bertz CT molecular complexity index is 407. The van der Waals surface area contributed by atoms with Crippen molar-refractivity contribution in [1.82, 2.24) is 0 Å². The summed E-state index contributed by atoms with van der Waals surface area (Å²) in [6.45, 7) is 1.18. The van der Waals surface area contributed by atoms with Gasteiger partial charge in [-0.25, -0.2) is 0 Å². The molecule has 1 aromatic carbocycles. The molecule has 0 spiro atoms. The van der Waals surface area contributed by atoms with Crippen LogP contribution in [0, 0.1) is 0 Å². The summed E-state index contributed by atoms with van der Waals surface area (Å²) < 4.78 is 0. The predicted octanol–water partition coefficient (Wildman–Crippen LogP) is 2.10. The summed E-state index contributed by atoms with van der Waals surface area (Å²) in [6, 6.07) is 6.92. The van der Waals surface area contributed by atoms with Crippen LogP contribution in [0.5, 0.6) is 0 Å². The first kappa shape index (κ1) is 10.2. The zero-order valence-corrected chi connectivity index (χ0v) is 10.00. The molecule has 16 heavy (non-hydrogen) atoms. The first-order valence-electron chi connectivity index (χ1n) is 6.28. The highest BCUT2D eigenvalue weighted by atomic mass is 15.1. The van der Waals surface area contributed by atoms with Gasteiger partial charge in [-0.3, -0.25) is 0 Å². The van der Waals surface area contributed by atoms with Gasteiger partial charge in [0.15, 0.2) is 0 Å². The molecule has 0 unspecified atom stereocenters. The molecule has 3 rings (SSSR count). The second-order valence-electron chi connectivity index (χ2n) is 5.53. The van der Waals surface area contributed by atoms with Crippen LogP contribution in [0.15, 0.2) is 18.2 Å². The monoisotopic (exact) mass is 216 g/mol. The maximum absolute atomic E-state index is 6.18. The van der Waals surface area contributed by atoms with Gasteiger partial charge in [-0.05, 0) is 49.3 Å². The summed E-state index contributed by atoms with van der Waals surface area (Å²) in [7, 11) is 2.19. The Hall–Kier alpha value is -1.02. The van der Waals surface area contributed by atoms with E-state index in [4.69, 9.17) is 5.73 Å². The van der Waals surface area contributed by atoms with Gasteiger partial charge in [-0.2, -0.15) is 0 Å². The summed E-state index contributed by atoms with van der Waals surface area (Å²) in [6.07, 6.45) is 5.95. The molecule has 2 nitrogen and oxygen atoms in total. The Morgan fingerprint density at radius 3 is 2.94 bits per heavy atom. The van der Waals surface area contributed by atoms with Crippen LogP contribution in [0.2, 0.25) is 0 Å². The maximum Gasteiger partial charge on any atom is 0.0398 e. The van der Waals surface area contributed by atoms with E-state index in [1.807, 2.05) is 0 Å². The van der Waals surface area contributed by atoms with E-state index in [-0.39, 0.29) is 5.54 Å². The minimum Gasteiger partial charge on any atom is -0.374 e. The highest BCUT2D eigenvalue weighted by Crippen LogP contribution is 2.37. The van der Waals surface area contributed by atoms with E-state index in [0.29, 0.717) is 0 Å². The van der Waals surface area contributed by atoms with Crippen LogP contribution in [0.4, 0.5) is 5.69 Å². The van der Waals surface area contributed by atoms with E-state index in [1.54, 1.807) is 0 Å². The average Bonchev–Trinajstić information content (AvgIpc) is 2.97. The Labute approximate surface area is 97.4 Å². The van der Waals surface area contributed by atoms with E-state index in [0.717, 1.165) is 6.42 Å². The van der Waals surface area contributed by atoms with Gasteiger partial charge in [-0.15, -0.1) is 0 Å². The Morgan fingerprint density at radius 2 is 2.19 bits per heavy atom. The average molecular weight is 216 g/mol. The molecule has 2 N–H and O–H groups in total. The van der Waals surface area contributed by atoms with Gasteiger partial charge in [0, 0.05) is 24.8 Å². The molecule has 0 aromatic heterocycles. The minimum atomic E-state index is 0.126. The summed E-state index contributed by atoms with van der Waals surface area (Å²) in [4.78, 5) is 2.37. The number of hydrogen-bond acceptors (Lipinski definition) is 2. The van der Waals surface area contributed by atoms with Crippen molar-refractivity contribution in [2.45, 2.75) is 37.6 Å². The lowest BCUT2D eigenvalue weighted by molar-refractivity contribution is 0.670. The van der Waals surface area contributed by atoms with Gasteiger partial charge < -0.3 is 10.6 Å². The topological polar surface area (TPSA) is 29.3 Å². The predicted molar refractivity (Wildman–Crippen MR) is 67.9 cm³/mol. The number of rotatable bonds is 2. The molecule has 86 valence electrons. The fourth-order valence-corrected chi connectivity index (χ4v) is 2.66. The second-order valence-corrected chi connectivity index (χ2v) is 5.53. The molecule has 1 aliphatic heterocycles. The van der Waals surface area contributed by atoms with Crippen molar-refractivity contribution in [2.75, 3.05) is 18.5 Å². The van der Waals surface area contributed by atoms with Crippen molar-refractivity contribution >= 4 is 5.69 Å². The molecule has 2 aliphatic rings. The van der Waals surface area contributed by atoms with E-state index >= 15 is 0 Å². The Balaban J connectivity index is 1.88. The normalized spacial score (nSPS) is 21.8. The highest BCUT2D eigenvalue weighted by Gasteiger charge is 2.38. The molecule has 0 radical (unpaired) electrons. The zero-order chi connectivity index (χ0) is 11.2. The maximum atomic E-state index is 6.18. The molecular weight excluding hydrogens is 196 g/mol. The van der Waals surface area contributed by atoms with Crippen LogP contribution in [0.25, 0.3) is 0 Å². The van der Waals surface area contributed by atoms with Gasteiger partial charge in [0.25, 0.3) is 0 Å². The fourth-order valence-electron chi connectivity index (χ4n) is 2.66. The molecule has 1 aromatic rings. The van der Waals surface area contributed by atoms with Crippen LogP contribution in [0.1, 0.15) is 30.4 Å². The van der Waals surface area contributed by atoms with Crippen molar-refractivity contribution in [3.63, 3.8) is 0 Å². The number of hydrogen-bond donors (Lipinski definition) is 1. The molecule has 0 saturated heterocycles. The van der Waals surface area contributed by atoms with Crippen LogP contribution < -0.4 is 10.6 Å². The number of nitrogens with two attached hydrogens (primary N) is 1. The third-order valence-corrected chi connectivity index (χ3v) is 3.95. The number of anilines is 1. The van der Waals surface area contributed by atoms with Crippen LogP contribution >= 0.6 is 0 Å². The quantitative estimate of drug-likeness (QED) is 0.820. The molecule has 1 aliphatic carbocycles. The first-order chi connectivity index (χ1) is 7.66. The molecule has 1 saturated carbocycles. The molecular formula is C14H20N2. The SMILES string of the molecule is CN1CCCc2ccc(CC3(N)CC3)cc21. The first-order valence-corrected chi connectivity index (χ1v) is 6.28. The van der Waals surface area contributed by atoms with Gasteiger partial charge in [0.05, 0.1) is 0 Å². The smallest absolute Gasteiger partial charge is 0.0398 e. The lowest BCUT2D eigenvalue weighted by atomic mass is 9.97. The minimum absolute atomic E-state index is 0.126. The molecule has 0 bridgehead atoms. The Kier molecular flexibility index (Phi) is 2.21. The van der Waals surface area contributed by atoms with Crippen molar-refractivity contribution in [3.8, 4) is 0 Å². The largest absolute Gasteiger partial charge is 0.374 e. The van der Waals surface area contributed by atoms with Crippen molar-refractivity contribution in [2.24, 2.45) is 5.73 Å². The Morgan fingerprint density at radius 1 is 1.38 bits per heavy atom. The number of aryl methyl sites for hydroxylation is 1. The van der Waals surface area contributed by atoms with Gasteiger partial charge in [0.2, 0.25) is 0 Å². The highest BCUT2D eigenvalue weighted by molar-refractivity contribution is 5.57. The van der Waals surface area contributed by atoms with Crippen molar-refractivity contribution in [1.29, 1.82) is 0 Å². The van der Waals surface area contributed by atoms with Gasteiger partial charge in [0.1, 0.15) is 0 Å². The number of nitrogens with zero attached hydrogens (tertiary/aromatic N) is 1. The molecule has 0 atom stereocenters. The molecule has 1 fully saturated rings. The number of fused-ring (bicyclic) bond motifs is 1. The molecule has 0 amide bonds. The zero-order valence-electron chi connectivity index (χ0n) is 10.00. The summed E-state index contributed by atoms with van der Waals surface area (Å²) in [5.74, 6) is 0.